The van der Waals surface area contributed by atoms with E-state index in [4.69, 9.17) is 40.4 Å². The summed E-state index contributed by atoms with van der Waals surface area (Å²) in [5.74, 6) is 4.68. The zero-order valence-corrected chi connectivity index (χ0v) is 89.6. The topological polar surface area (TPSA) is 149 Å². The molecule has 11 rings (SSSR count). The number of carbonyl (C=O) groups excluding carboxylic acids is 2. The van der Waals surface area contributed by atoms with Crippen LogP contribution in [-0.2, 0) is 0 Å². The largest absolute Gasteiger partial charge is 0.493 e. The number of anilines is 2. The molecule has 0 spiro atoms. The molecule has 10 nitrogen and oxygen atoms in total. The van der Waals surface area contributed by atoms with E-state index in [2.05, 4.69) is 216 Å². The molecule has 1 aromatic heterocycles. The Morgan fingerprint density at radius 1 is 0.246 bits per heavy atom. The summed E-state index contributed by atoms with van der Waals surface area (Å²) in [6.07, 6.45) is 62.3. The summed E-state index contributed by atoms with van der Waals surface area (Å²) in [6.45, 7) is 21.2. The van der Waals surface area contributed by atoms with Gasteiger partial charge < -0.3 is 30.4 Å². The SMILES string of the molecule is CCCCCCCCC(CCCCCC)COc1ccc(-c2nc3c4cc(Br)ccc4c4ccc(Br)cc4c3nc2-c2ccc(OCC(CCCCCC)CCCCCCCC)cc2)cc1.CCCCCCCCC(CCCCCC)COc1ccc(C(=O)C(=O)c2ccc(OCC(CCCCCC)CCCCCCCC)cc2)cc1.Nc1c(N)c2cc(Br)ccc2c2ccc(Br)cc12. The Labute approximate surface area is 842 Å². The number of ether oxygens (including phenoxy) is 4. The average molecular weight is 2080 g/mol. The van der Waals surface area contributed by atoms with E-state index >= 15 is 0 Å². The fraction of sp³-hybridized carbons (Fsp3) is 0.533. The highest BCUT2D eigenvalue weighted by Crippen LogP contribution is 2.43. The number of aromatic nitrogens is 2. The highest BCUT2D eigenvalue weighted by Gasteiger charge is 2.24. The lowest BCUT2D eigenvalue weighted by molar-refractivity contribution is 0.0817. The van der Waals surface area contributed by atoms with Crippen LogP contribution in [0.2, 0.25) is 0 Å². The molecule has 4 unspecified atom stereocenters. The Morgan fingerprint density at radius 2 is 0.440 bits per heavy atom. The smallest absolute Gasteiger partial charge is 0.233 e. The summed E-state index contributed by atoms with van der Waals surface area (Å²) in [5, 5.41) is 8.69. The number of nitrogens with zero attached hydrogens (tertiary/aromatic N) is 2. The molecule has 0 bridgehead atoms. The third kappa shape index (κ3) is 37.8. The van der Waals surface area contributed by atoms with Gasteiger partial charge in [-0.1, -0.05) is 400 Å². The van der Waals surface area contributed by atoms with Crippen molar-refractivity contribution in [2.24, 2.45) is 23.7 Å². The Hall–Kier alpha value is -7.36. The van der Waals surface area contributed by atoms with E-state index in [1.54, 1.807) is 24.3 Å². The highest BCUT2D eigenvalue weighted by molar-refractivity contribution is 9.11. The zero-order valence-electron chi connectivity index (χ0n) is 83.3. The van der Waals surface area contributed by atoms with Crippen molar-refractivity contribution in [2.75, 3.05) is 37.9 Å². The van der Waals surface area contributed by atoms with E-state index in [0.717, 1.165) is 131 Å². The number of rotatable bonds is 65. The molecule has 14 heteroatoms. The second kappa shape index (κ2) is 64.0. The molecule has 0 saturated carbocycles. The van der Waals surface area contributed by atoms with Crippen LogP contribution in [0.1, 0.15) is 384 Å². The van der Waals surface area contributed by atoms with Crippen molar-refractivity contribution >= 4 is 141 Å². The van der Waals surface area contributed by atoms with Gasteiger partial charge >= 0.3 is 0 Å². The molecule has 134 heavy (non-hydrogen) atoms. The average Bonchev–Trinajstić information content (AvgIpc) is 0.727. The molecule has 728 valence electrons. The highest BCUT2D eigenvalue weighted by atomic mass is 79.9. The molecule has 10 aromatic carbocycles. The summed E-state index contributed by atoms with van der Waals surface area (Å²) in [5.41, 5.74) is 19.9. The van der Waals surface area contributed by atoms with Crippen LogP contribution in [-0.4, -0.2) is 48.0 Å². The fourth-order valence-corrected chi connectivity index (χ4v) is 20.3. The maximum atomic E-state index is 13.1. The fourth-order valence-electron chi connectivity index (χ4n) is 18.8. The van der Waals surface area contributed by atoms with E-state index < -0.39 is 11.6 Å². The van der Waals surface area contributed by atoms with Crippen LogP contribution < -0.4 is 30.4 Å². The van der Waals surface area contributed by atoms with Crippen molar-refractivity contribution in [3.63, 3.8) is 0 Å². The van der Waals surface area contributed by atoms with Gasteiger partial charge in [-0.2, -0.15) is 0 Å². The Morgan fingerprint density at radius 3 is 0.672 bits per heavy atom. The van der Waals surface area contributed by atoms with E-state index in [-0.39, 0.29) is 0 Å². The molecule has 1 heterocycles. The first kappa shape index (κ1) is 110. The van der Waals surface area contributed by atoms with Gasteiger partial charge in [0.2, 0.25) is 11.6 Å². The molecular weight excluding hydrogens is 1910 g/mol. The Bertz CT molecular complexity index is 4860. The van der Waals surface area contributed by atoms with E-state index in [0.29, 0.717) is 59.4 Å². The summed E-state index contributed by atoms with van der Waals surface area (Å²) in [4.78, 5) is 37.4. The van der Waals surface area contributed by atoms with E-state index in [1.165, 1.54) is 308 Å². The second-order valence-electron chi connectivity index (χ2n) is 38.3. The molecule has 0 aliphatic carbocycles. The predicted molar refractivity (Wildman–Crippen MR) is 591 cm³/mol. The minimum Gasteiger partial charge on any atom is -0.493 e. The first-order chi connectivity index (χ1) is 65.5. The van der Waals surface area contributed by atoms with Crippen molar-refractivity contribution in [1.29, 1.82) is 0 Å². The number of unbranched alkanes of at least 4 members (excludes halogenated alkanes) is 32. The number of ketones is 2. The minimum atomic E-state index is -0.492. The van der Waals surface area contributed by atoms with Gasteiger partial charge in [-0.3, -0.25) is 9.59 Å². The van der Waals surface area contributed by atoms with Gasteiger partial charge in [0.1, 0.15) is 23.0 Å². The van der Waals surface area contributed by atoms with Gasteiger partial charge in [-0.25, -0.2) is 9.97 Å². The lowest BCUT2D eigenvalue weighted by Crippen LogP contribution is -2.15. The standard InChI is InChI=1S/C60H80Br2N2O2.C46H74O4.C14H10Br2N2/c1-5-9-13-17-19-23-27-45(25-21-15-11-7-3)43-65-51-35-29-47(30-36-51)57-58(64-60-56-42-50(62)34-40-54(56)53-39-33-49(61)41-55(53)59(60)63-57)48-31-37-52(38-32-48)66-44-46(26-22-16-12-8-4)28-24-20-18-14-10-6-2;1-5-9-13-17-19-23-27-39(25-21-15-11-7-3)37-49-43-33-29-41(30-34-43)45(47)46(48)42-31-35-44(36-32-42)50-38-40(26-22-16-12-8-4)28-24-20-18-14-10-6-2;15-7-1-3-9-10-4-2-8(16)6-12(10)14(18)13(17)11(9)5-7/h29-42,45-46H,5-28,43-44H2,1-4H3;29-36,39-40H,5-28,37-38H2,1-4H3;1-6H,17-18H2. The molecule has 0 aliphatic rings. The third-order valence-corrected chi connectivity index (χ3v) is 29.1. The van der Waals surface area contributed by atoms with Crippen LogP contribution in [0, 0.1) is 23.7 Å². The monoisotopic (exact) mass is 2070 g/mol. The number of Topliss-reactive ketones (excluding diaryl/α,β-unsaturated/α-hetero) is 2. The number of fused-ring (bicyclic) bond motifs is 9. The molecule has 0 radical (unpaired) electrons. The molecule has 11 aromatic rings. The summed E-state index contributed by atoms with van der Waals surface area (Å²) >= 11 is 14.5. The number of carbonyl (C=O) groups is 2. The zero-order chi connectivity index (χ0) is 95.3. The third-order valence-electron chi connectivity index (χ3n) is 27.1. The molecule has 4 atom stereocenters. The molecule has 0 amide bonds. The van der Waals surface area contributed by atoms with Gasteiger partial charge in [0, 0.05) is 61.7 Å². The van der Waals surface area contributed by atoms with Crippen molar-refractivity contribution in [3.05, 3.63) is 199 Å². The summed E-state index contributed by atoms with van der Waals surface area (Å²) in [6, 6.07) is 56.6. The number of benzene rings is 10. The van der Waals surface area contributed by atoms with Crippen LogP contribution >= 0.6 is 63.7 Å². The first-order valence-electron chi connectivity index (χ1n) is 52.9. The number of hydrogen-bond donors (Lipinski definition) is 2. The molecular formula is C120H164Br4N4O6. The van der Waals surface area contributed by atoms with Crippen molar-refractivity contribution in [3.8, 4) is 45.5 Å². The van der Waals surface area contributed by atoms with E-state index in [1.807, 2.05) is 48.5 Å². The second-order valence-corrected chi connectivity index (χ2v) is 42.0. The van der Waals surface area contributed by atoms with Gasteiger partial charge in [0.15, 0.2) is 0 Å². The normalized spacial score (nSPS) is 12.4. The Balaban J connectivity index is 0.000000259. The van der Waals surface area contributed by atoms with Crippen LogP contribution in [0.3, 0.4) is 0 Å². The molecule has 0 saturated heterocycles. The van der Waals surface area contributed by atoms with Crippen molar-refractivity contribution in [2.45, 2.75) is 364 Å². The number of nitrogen functional groups attached to an aromatic ring is 2. The van der Waals surface area contributed by atoms with Crippen LogP contribution in [0.4, 0.5) is 11.4 Å². The quantitative estimate of drug-likeness (QED) is 0.00942. The molecule has 0 fully saturated rings. The van der Waals surface area contributed by atoms with Gasteiger partial charge in [-0.15, -0.1) is 0 Å². The predicted octanol–water partition coefficient (Wildman–Crippen LogP) is 39.1. The lowest BCUT2D eigenvalue weighted by atomic mass is 9.95. The Kier molecular flexibility index (Phi) is 52.7. The minimum absolute atomic E-state index is 0.395. The van der Waals surface area contributed by atoms with Crippen LogP contribution in [0.15, 0.2) is 188 Å². The number of hydrogen-bond acceptors (Lipinski definition) is 10. The maximum Gasteiger partial charge on any atom is 0.233 e. The van der Waals surface area contributed by atoms with Crippen LogP contribution in [0.5, 0.6) is 23.0 Å². The molecule has 0 aliphatic heterocycles. The van der Waals surface area contributed by atoms with Crippen molar-refractivity contribution in [1.82, 2.24) is 9.97 Å². The molecule has 4 N–H and O–H groups in total. The van der Waals surface area contributed by atoms with Gasteiger partial charge in [0.25, 0.3) is 0 Å². The summed E-state index contributed by atoms with van der Waals surface area (Å²) < 4.78 is 29.7. The maximum absolute atomic E-state index is 13.1. The lowest BCUT2D eigenvalue weighted by Gasteiger charge is -2.19. The van der Waals surface area contributed by atoms with E-state index in [9.17, 15) is 9.59 Å². The van der Waals surface area contributed by atoms with Crippen molar-refractivity contribution < 1.29 is 28.5 Å². The summed E-state index contributed by atoms with van der Waals surface area (Å²) in [7, 11) is 0. The van der Waals surface area contributed by atoms with Gasteiger partial charge in [0.05, 0.1) is 60.2 Å². The van der Waals surface area contributed by atoms with Gasteiger partial charge in [-0.05, 0) is 242 Å². The van der Waals surface area contributed by atoms with Crippen LogP contribution in [0.25, 0.3) is 76.6 Å². The number of nitrogens with two attached hydrogens (primary N) is 2. The number of halogens is 4. The first-order valence-corrected chi connectivity index (χ1v) is 56.1.